The number of hydrogen-bond donors (Lipinski definition) is 2. The fourth-order valence-corrected chi connectivity index (χ4v) is 4.61. The van der Waals surface area contributed by atoms with Crippen LogP contribution in [0.25, 0.3) is 0 Å². The number of piperidine rings is 1. The number of pyridine rings is 1. The van der Waals surface area contributed by atoms with Crippen molar-refractivity contribution in [3.05, 3.63) is 47.2 Å². The van der Waals surface area contributed by atoms with Gasteiger partial charge >= 0.3 is 5.97 Å². The third-order valence-electron chi connectivity index (χ3n) is 6.40. The fourth-order valence-electron chi connectivity index (χ4n) is 4.61. The number of likely N-dealkylation sites (tertiary alicyclic amines) is 1. The molecule has 0 bridgehead atoms. The molecule has 2 aliphatic heterocycles. The van der Waals surface area contributed by atoms with Crippen LogP contribution >= 0.6 is 0 Å². The van der Waals surface area contributed by atoms with Crippen LogP contribution in [0.4, 0.5) is 5.82 Å². The molecular formula is C23H31N5O2. The van der Waals surface area contributed by atoms with Gasteiger partial charge in [0.1, 0.15) is 11.6 Å². The van der Waals surface area contributed by atoms with E-state index in [9.17, 15) is 9.90 Å². The molecule has 0 aromatic carbocycles. The van der Waals surface area contributed by atoms with E-state index in [0.29, 0.717) is 11.7 Å². The topological polar surface area (TPSA) is 91.2 Å². The summed E-state index contributed by atoms with van der Waals surface area (Å²) in [5, 5.41) is 12.8. The van der Waals surface area contributed by atoms with Gasteiger partial charge in [0.25, 0.3) is 0 Å². The number of anilines is 1. The Bertz CT molecular complexity index is 862. The number of carboxylic acid groups (broad SMARTS) is 1. The van der Waals surface area contributed by atoms with E-state index in [2.05, 4.69) is 32.3 Å². The van der Waals surface area contributed by atoms with Crippen LogP contribution in [0.3, 0.4) is 0 Å². The molecule has 4 heterocycles. The Kier molecular flexibility index (Phi) is 6.57. The minimum atomic E-state index is -0.783. The van der Waals surface area contributed by atoms with E-state index in [1.54, 1.807) is 12.4 Å². The highest BCUT2D eigenvalue weighted by atomic mass is 16.4. The Morgan fingerprint density at radius 3 is 2.77 bits per heavy atom. The number of rotatable bonds is 7. The molecule has 0 spiro atoms. The van der Waals surface area contributed by atoms with Crippen molar-refractivity contribution in [3.8, 4) is 0 Å². The molecule has 1 fully saturated rings. The zero-order valence-corrected chi connectivity index (χ0v) is 17.7. The van der Waals surface area contributed by atoms with Gasteiger partial charge in [0, 0.05) is 36.2 Å². The van der Waals surface area contributed by atoms with Crippen molar-refractivity contribution in [2.75, 3.05) is 25.0 Å². The first-order chi connectivity index (χ1) is 14.6. The molecule has 0 amide bonds. The highest BCUT2D eigenvalue weighted by molar-refractivity contribution is 5.67. The Morgan fingerprint density at radius 2 is 2.03 bits per heavy atom. The number of aliphatic carboxylic acids is 1. The number of carbonyl (C=O) groups is 1. The molecular weight excluding hydrogens is 378 g/mol. The van der Waals surface area contributed by atoms with Crippen LogP contribution in [0.2, 0.25) is 0 Å². The smallest absolute Gasteiger partial charge is 0.305 e. The standard InChI is InChI=1S/C23H31N5O2/c1-16-25-14-19(15-26-16)21(13-22(29)30)28-11-8-17(9-12-28)4-6-20-7-5-18-3-2-10-24-23(18)27-20/h5,7,14-15,17,21H,2-4,6,8-13H2,1H3,(H,24,27)(H,29,30). The summed E-state index contributed by atoms with van der Waals surface area (Å²) in [6.07, 6.45) is 10.3. The van der Waals surface area contributed by atoms with Crippen molar-refractivity contribution < 1.29 is 9.90 Å². The van der Waals surface area contributed by atoms with Gasteiger partial charge in [-0.1, -0.05) is 6.07 Å². The van der Waals surface area contributed by atoms with Crippen LogP contribution in [0, 0.1) is 12.8 Å². The molecule has 30 heavy (non-hydrogen) atoms. The van der Waals surface area contributed by atoms with E-state index < -0.39 is 5.97 Å². The Labute approximate surface area is 178 Å². The zero-order valence-electron chi connectivity index (χ0n) is 17.7. The summed E-state index contributed by atoms with van der Waals surface area (Å²) >= 11 is 0. The number of aromatic nitrogens is 3. The third-order valence-corrected chi connectivity index (χ3v) is 6.40. The minimum Gasteiger partial charge on any atom is -0.481 e. The van der Waals surface area contributed by atoms with Crippen molar-refractivity contribution >= 4 is 11.8 Å². The first-order valence-electron chi connectivity index (χ1n) is 11.1. The van der Waals surface area contributed by atoms with Crippen molar-refractivity contribution in [1.29, 1.82) is 0 Å². The van der Waals surface area contributed by atoms with Gasteiger partial charge in [-0.2, -0.15) is 0 Å². The molecule has 0 saturated carbocycles. The van der Waals surface area contributed by atoms with Gasteiger partial charge in [-0.3, -0.25) is 9.69 Å². The van der Waals surface area contributed by atoms with Gasteiger partial charge in [0.15, 0.2) is 0 Å². The molecule has 2 aromatic rings. The molecule has 2 N–H and O–H groups in total. The summed E-state index contributed by atoms with van der Waals surface area (Å²) in [7, 11) is 0. The van der Waals surface area contributed by atoms with E-state index in [-0.39, 0.29) is 12.5 Å². The molecule has 2 aliphatic rings. The second-order valence-corrected chi connectivity index (χ2v) is 8.54. The maximum Gasteiger partial charge on any atom is 0.305 e. The van der Waals surface area contributed by atoms with E-state index in [1.165, 1.54) is 17.7 Å². The van der Waals surface area contributed by atoms with Crippen molar-refractivity contribution in [2.24, 2.45) is 5.92 Å². The SMILES string of the molecule is Cc1ncc(C(CC(=O)O)N2CCC(CCc3ccc4c(n3)NCCC4)CC2)cn1. The monoisotopic (exact) mass is 409 g/mol. The van der Waals surface area contributed by atoms with Crippen LogP contribution in [-0.2, 0) is 17.6 Å². The predicted octanol–water partition coefficient (Wildman–Crippen LogP) is 3.40. The lowest BCUT2D eigenvalue weighted by Crippen LogP contribution is -2.38. The average molecular weight is 410 g/mol. The van der Waals surface area contributed by atoms with E-state index in [0.717, 1.165) is 63.1 Å². The molecule has 0 radical (unpaired) electrons. The molecule has 7 heteroatoms. The molecule has 1 unspecified atom stereocenters. The van der Waals surface area contributed by atoms with Gasteiger partial charge in [-0.25, -0.2) is 15.0 Å². The van der Waals surface area contributed by atoms with Crippen LogP contribution in [-0.4, -0.2) is 50.6 Å². The molecule has 1 atom stereocenters. The Morgan fingerprint density at radius 1 is 1.27 bits per heavy atom. The van der Waals surface area contributed by atoms with Crippen molar-refractivity contribution in [3.63, 3.8) is 0 Å². The number of carboxylic acids is 1. The van der Waals surface area contributed by atoms with Gasteiger partial charge < -0.3 is 10.4 Å². The molecule has 2 aromatic heterocycles. The summed E-state index contributed by atoms with van der Waals surface area (Å²) in [5.74, 6) is 1.66. The quantitative estimate of drug-likeness (QED) is 0.724. The summed E-state index contributed by atoms with van der Waals surface area (Å²) < 4.78 is 0. The molecule has 160 valence electrons. The molecule has 1 saturated heterocycles. The van der Waals surface area contributed by atoms with Gasteiger partial charge in [-0.15, -0.1) is 0 Å². The van der Waals surface area contributed by atoms with E-state index in [1.807, 2.05) is 6.92 Å². The molecule has 0 aliphatic carbocycles. The highest BCUT2D eigenvalue weighted by Crippen LogP contribution is 2.31. The number of fused-ring (bicyclic) bond motifs is 1. The maximum absolute atomic E-state index is 11.4. The van der Waals surface area contributed by atoms with E-state index in [4.69, 9.17) is 4.98 Å². The summed E-state index contributed by atoms with van der Waals surface area (Å²) in [4.78, 5) is 27.1. The Hall–Kier alpha value is -2.54. The van der Waals surface area contributed by atoms with Gasteiger partial charge in [0.2, 0.25) is 0 Å². The molecule has 4 rings (SSSR count). The second-order valence-electron chi connectivity index (χ2n) is 8.54. The summed E-state index contributed by atoms with van der Waals surface area (Å²) in [6.45, 7) is 4.69. The summed E-state index contributed by atoms with van der Waals surface area (Å²) in [5.41, 5.74) is 3.40. The van der Waals surface area contributed by atoms with Crippen LogP contribution in [0.1, 0.15) is 60.8 Å². The van der Waals surface area contributed by atoms with Gasteiger partial charge in [-0.05, 0) is 76.1 Å². The van der Waals surface area contributed by atoms with E-state index >= 15 is 0 Å². The van der Waals surface area contributed by atoms with Crippen molar-refractivity contribution in [1.82, 2.24) is 19.9 Å². The lowest BCUT2D eigenvalue weighted by molar-refractivity contribution is -0.138. The van der Waals surface area contributed by atoms with Gasteiger partial charge in [0.05, 0.1) is 6.42 Å². The number of nitrogens with one attached hydrogen (secondary N) is 1. The first-order valence-corrected chi connectivity index (χ1v) is 11.1. The predicted molar refractivity (Wildman–Crippen MR) is 115 cm³/mol. The first kappa shape index (κ1) is 20.7. The van der Waals surface area contributed by atoms with Crippen molar-refractivity contribution in [2.45, 2.75) is 57.9 Å². The number of hydrogen-bond acceptors (Lipinski definition) is 6. The highest BCUT2D eigenvalue weighted by Gasteiger charge is 2.28. The van der Waals surface area contributed by atoms with Crippen LogP contribution in [0.5, 0.6) is 0 Å². The third kappa shape index (κ3) is 5.14. The maximum atomic E-state index is 11.4. The lowest BCUT2D eigenvalue weighted by Gasteiger charge is -2.37. The zero-order chi connectivity index (χ0) is 20.9. The lowest BCUT2D eigenvalue weighted by atomic mass is 9.89. The second kappa shape index (κ2) is 9.51. The average Bonchev–Trinajstić information content (AvgIpc) is 2.77. The van der Waals surface area contributed by atoms with Crippen LogP contribution < -0.4 is 5.32 Å². The molecule has 7 nitrogen and oxygen atoms in total. The van der Waals surface area contributed by atoms with Crippen LogP contribution in [0.15, 0.2) is 24.5 Å². The Balaban J connectivity index is 1.32. The largest absolute Gasteiger partial charge is 0.481 e. The number of nitrogens with zero attached hydrogens (tertiary/aromatic N) is 4. The summed E-state index contributed by atoms with van der Waals surface area (Å²) in [6, 6.07) is 4.26. The fraction of sp³-hybridized carbons (Fsp3) is 0.565. The normalized spacial score (nSPS) is 18.4. The minimum absolute atomic E-state index is 0.0864. The number of aryl methyl sites for hydroxylation is 3.